The third-order valence-corrected chi connectivity index (χ3v) is 4.62. The van der Waals surface area contributed by atoms with Gasteiger partial charge in [-0.2, -0.15) is 5.26 Å². The highest BCUT2D eigenvalue weighted by molar-refractivity contribution is 8.05. The molecule has 0 aliphatic carbocycles. The molecule has 0 spiro atoms. The number of aryl methyl sites for hydroxylation is 1. The molecule has 1 fully saturated rings. The fourth-order valence-electron chi connectivity index (χ4n) is 2.06. The molecule has 108 valence electrons. The van der Waals surface area contributed by atoms with E-state index in [1.54, 1.807) is 12.1 Å². The van der Waals surface area contributed by atoms with Gasteiger partial charge in [0.05, 0.1) is 5.25 Å². The molecule has 0 saturated carbocycles. The Balaban J connectivity index is 2.58. The summed E-state index contributed by atoms with van der Waals surface area (Å²) in [6, 6.07) is 9.15. The first-order valence-corrected chi connectivity index (χ1v) is 7.39. The molecule has 1 aromatic carbocycles. The zero-order valence-corrected chi connectivity index (χ0v) is 12.6. The van der Waals surface area contributed by atoms with Crippen molar-refractivity contribution in [3.05, 3.63) is 40.4 Å². The Kier molecular flexibility index (Phi) is 4.34. The van der Waals surface area contributed by atoms with E-state index in [0.717, 1.165) is 5.56 Å². The van der Waals surface area contributed by atoms with Crippen molar-refractivity contribution in [2.24, 2.45) is 5.73 Å². The van der Waals surface area contributed by atoms with E-state index in [-0.39, 0.29) is 16.7 Å². The fraction of sp³-hybridized carbons (Fsp3) is 0.267. The Bertz CT molecular complexity index is 658. The summed E-state index contributed by atoms with van der Waals surface area (Å²) in [5.74, 6) is -0.947. The predicted octanol–water partition coefficient (Wildman–Crippen LogP) is 2.07. The molecule has 1 heterocycles. The molecule has 2 amide bonds. The van der Waals surface area contributed by atoms with E-state index in [0.29, 0.717) is 17.1 Å². The zero-order chi connectivity index (χ0) is 15.6. The van der Waals surface area contributed by atoms with Crippen LogP contribution >= 0.6 is 11.8 Å². The number of rotatable bonds is 3. The number of nitrogens with zero attached hydrogens (tertiary/aromatic N) is 2. The van der Waals surface area contributed by atoms with E-state index < -0.39 is 5.91 Å². The van der Waals surface area contributed by atoms with Crippen molar-refractivity contribution >= 4 is 29.3 Å². The summed E-state index contributed by atoms with van der Waals surface area (Å²) in [6.07, 6.45) is 0.618. The standard InChI is InChI=1S/C15H15N3O2S/c1-3-12-14(20)18(10-6-4-9(2)5-7-10)15(21-12)11(8-16)13(17)19/h4-7,12H,3H2,1-2H3,(H2,17,19)/b15-11-. The summed E-state index contributed by atoms with van der Waals surface area (Å²) in [5.41, 5.74) is 6.78. The smallest absolute Gasteiger partial charge is 0.262 e. The first-order chi connectivity index (χ1) is 9.99. The van der Waals surface area contributed by atoms with E-state index in [9.17, 15) is 9.59 Å². The van der Waals surface area contributed by atoms with Gasteiger partial charge in [0.1, 0.15) is 16.7 Å². The van der Waals surface area contributed by atoms with E-state index in [1.807, 2.05) is 32.0 Å². The van der Waals surface area contributed by atoms with Crippen LogP contribution in [0.4, 0.5) is 5.69 Å². The van der Waals surface area contributed by atoms with E-state index >= 15 is 0 Å². The van der Waals surface area contributed by atoms with Crippen molar-refractivity contribution in [3.8, 4) is 6.07 Å². The molecule has 1 aromatic rings. The molecule has 1 saturated heterocycles. The molecule has 0 radical (unpaired) electrons. The van der Waals surface area contributed by atoms with Gasteiger partial charge in [-0.05, 0) is 25.5 Å². The molecule has 1 aliphatic heterocycles. The minimum Gasteiger partial charge on any atom is -0.365 e. The lowest BCUT2D eigenvalue weighted by molar-refractivity contribution is -0.117. The highest BCUT2D eigenvalue weighted by Crippen LogP contribution is 2.41. The summed E-state index contributed by atoms with van der Waals surface area (Å²) in [7, 11) is 0. The number of carbonyl (C=O) groups excluding carboxylic acids is 2. The molecule has 0 aromatic heterocycles. The SMILES string of the molecule is CCC1S/C(=C(/C#N)C(N)=O)N(c2ccc(C)cc2)C1=O. The van der Waals surface area contributed by atoms with E-state index in [2.05, 4.69) is 0 Å². The molecule has 1 aliphatic rings. The van der Waals surface area contributed by atoms with Gasteiger partial charge >= 0.3 is 0 Å². The van der Waals surface area contributed by atoms with E-state index in [4.69, 9.17) is 11.0 Å². The molecule has 2 rings (SSSR count). The van der Waals surface area contributed by atoms with Crippen molar-refractivity contribution in [1.82, 2.24) is 0 Å². The molecule has 0 bridgehead atoms. The van der Waals surface area contributed by atoms with Gasteiger partial charge in [-0.25, -0.2) is 0 Å². The maximum Gasteiger partial charge on any atom is 0.262 e. The molecule has 6 heteroatoms. The molecule has 1 atom stereocenters. The fourth-order valence-corrected chi connectivity index (χ4v) is 3.26. The van der Waals surface area contributed by atoms with Crippen LogP contribution in [0.3, 0.4) is 0 Å². The minimum atomic E-state index is -0.818. The Hall–Kier alpha value is -2.26. The van der Waals surface area contributed by atoms with Gasteiger partial charge in [-0.3, -0.25) is 14.5 Å². The summed E-state index contributed by atoms with van der Waals surface area (Å²) in [4.78, 5) is 25.3. The third kappa shape index (κ3) is 2.78. The van der Waals surface area contributed by atoms with Crippen molar-refractivity contribution in [3.63, 3.8) is 0 Å². The van der Waals surface area contributed by atoms with Gasteiger partial charge in [0.15, 0.2) is 0 Å². The number of anilines is 1. The predicted molar refractivity (Wildman–Crippen MR) is 82.2 cm³/mol. The number of hydrogen-bond donors (Lipinski definition) is 1. The molecule has 5 nitrogen and oxygen atoms in total. The summed E-state index contributed by atoms with van der Waals surface area (Å²) < 4.78 is 0. The number of thioether (sulfide) groups is 1. The first-order valence-electron chi connectivity index (χ1n) is 6.51. The van der Waals surface area contributed by atoms with Gasteiger partial charge in [-0.1, -0.05) is 36.4 Å². The average Bonchev–Trinajstić information content (AvgIpc) is 2.77. The van der Waals surface area contributed by atoms with E-state index in [1.165, 1.54) is 16.7 Å². The molecule has 2 N–H and O–H groups in total. The van der Waals surface area contributed by atoms with Crippen LogP contribution in [-0.2, 0) is 9.59 Å². The Morgan fingerprint density at radius 1 is 1.43 bits per heavy atom. The van der Waals surface area contributed by atoms with Crippen molar-refractivity contribution < 1.29 is 9.59 Å². The lowest BCUT2D eigenvalue weighted by Crippen LogP contribution is -2.29. The second-order valence-electron chi connectivity index (χ2n) is 4.68. The van der Waals surface area contributed by atoms with Crippen LogP contribution in [0.5, 0.6) is 0 Å². The largest absolute Gasteiger partial charge is 0.365 e. The third-order valence-electron chi connectivity index (χ3n) is 3.19. The Morgan fingerprint density at radius 2 is 2.05 bits per heavy atom. The normalized spacial score (nSPS) is 20.3. The second-order valence-corrected chi connectivity index (χ2v) is 5.87. The number of nitriles is 1. The highest BCUT2D eigenvalue weighted by Gasteiger charge is 2.39. The van der Waals surface area contributed by atoms with Crippen LogP contribution in [0.1, 0.15) is 18.9 Å². The van der Waals surface area contributed by atoms with Gasteiger partial charge < -0.3 is 5.73 Å². The second kappa shape index (κ2) is 6.02. The minimum absolute atomic E-state index is 0.129. The summed E-state index contributed by atoms with van der Waals surface area (Å²) >= 11 is 1.22. The van der Waals surface area contributed by atoms with Gasteiger partial charge in [0.2, 0.25) is 5.91 Å². The monoisotopic (exact) mass is 301 g/mol. The lowest BCUT2D eigenvalue weighted by Gasteiger charge is -2.18. The molecule has 21 heavy (non-hydrogen) atoms. The van der Waals surface area contributed by atoms with Crippen LogP contribution in [-0.4, -0.2) is 17.1 Å². The first kappa shape index (κ1) is 15.1. The van der Waals surface area contributed by atoms with Crippen LogP contribution < -0.4 is 10.6 Å². The van der Waals surface area contributed by atoms with Crippen LogP contribution in [0.2, 0.25) is 0 Å². The summed E-state index contributed by atoms with van der Waals surface area (Å²) in [6.45, 7) is 3.84. The number of hydrogen-bond acceptors (Lipinski definition) is 4. The van der Waals surface area contributed by atoms with Crippen LogP contribution in [0, 0.1) is 18.3 Å². The van der Waals surface area contributed by atoms with Crippen molar-refractivity contribution in [2.75, 3.05) is 4.90 Å². The number of nitrogens with two attached hydrogens (primary N) is 1. The molecular weight excluding hydrogens is 286 g/mol. The highest BCUT2D eigenvalue weighted by atomic mass is 32.2. The lowest BCUT2D eigenvalue weighted by atomic mass is 10.2. The number of benzene rings is 1. The van der Waals surface area contributed by atoms with Gasteiger partial charge in [0, 0.05) is 5.69 Å². The zero-order valence-electron chi connectivity index (χ0n) is 11.8. The topological polar surface area (TPSA) is 87.2 Å². The summed E-state index contributed by atoms with van der Waals surface area (Å²) in [5, 5.41) is 9.17. The maximum absolute atomic E-state index is 12.5. The maximum atomic E-state index is 12.5. The average molecular weight is 301 g/mol. The van der Waals surface area contributed by atoms with Gasteiger partial charge in [0.25, 0.3) is 5.91 Å². The Morgan fingerprint density at radius 3 is 2.52 bits per heavy atom. The quantitative estimate of drug-likeness (QED) is 0.684. The van der Waals surface area contributed by atoms with Crippen LogP contribution in [0.15, 0.2) is 34.9 Å². The van der Waals surface area contributed by atoms with Gasteiger partial charge in [-0.15, -0.1) is 0 Å². The number of amides is 2. The number of carbonyl (C=O) groups is 2. The van der Waals surface area contributed by atoms with Crippen molar-refractivity contribution in [2.45, 2.75) is 25.5 Å². The Labute approximate surface area is 127 Å². The van der Waals surface area contributed by atoms with Crippen molar-refractivity contribution in [1.29, 1.82) is 5.26 Å². The number of primary amides is 1. The van der Waals surface area contributed by atoms with Crippen LogP contribution in [0.25, 0.3) is 0 Å². The molecular formula is C15H15N3O2S. The molecule has 1 unspecified atom stereocenters.